The first kappa shape index (κ1) is 33.8. The lowest BCUT2D eigenvalue weighted by Crippen LogP contribution is -2.29. The van der Waals surface area contributed by atoms with Crippen molar-refractivity contribution < 1.29 is 18.7 Å². The minimum absolute atomic E-state index is 0.181. The molecule has 1 saturated heterocycles. The Morgan fingerprint density at radius 2 is 1.90 bits per heavy atom. The van der Waals surface area contributed by atoms with Crippen LogP contribution in [0.15, 0.2) is 42.5 Å². The number of thiazole rings is 2. The summed E-state index contributed by atoms with van der Waals surface area (Å²) in [6.45, 7) is 5.86. The van der Waals surface area contributed by atoms with Crippen LogP contribution in [-0.4, -0.2) is 70.9 Å². The fraction of sp³-hybridized carbons (Fsp3) is 0.378. The van der Waals surface area contributed by atoms with Gasteiger partial charge in [0, 0.05) is 28.1 Å². The number of halogens is 1. The van der Waals surface area contributed by atoms with Crippen molar-refractivity contribution in [2.24, 2.45) is 0 Å². The Bertz CT molecular complexity index is 2030. The number of hydrogen-bond acceptors (Lipinski definition) is 12. The summed E-state index contributed by atoms with van der Waals surface area (Å²) in [5.41, 5.74) is 3.93. The summed E-state index contributed by atoms with van der Waals surface area (Å²) in [5, 5.41) is 14.0. The van der Waals surface area contributed by atoms with Crippen LogP contribution in [-0.2, 0) is 17.6 Å². The maximum absolute atomic E-state index is 14.8. The molecule has 1 N–H and O–H groups in total. The number of piperidine rings is 1. The second-order valence-corrected chi connectivity index (χ2v) is 14.4. The van der Waals surface area contributed by atoms with Gasteiger partial charge in [-0.05, 0) is 88.9 Å². The summed E-state index contributed by atoms with van der Waals surface area (Å²) in [7, 11) is 1.35. The number of aromatic nitrogens is 4. The SMILES string of the molecule is COC(=O)c1nc(N2CCCc3c2nnc(Nc2nc4ccccc4s2)c3C)sc1CCCOc1ccc(C#CCN2CCCCC2)cc1F. The molecule has 0 saturated carbocycles. The molecule has 0 bridgehead atoms. The van der Waals surface area contributed by atoms with Crippen molar-refractivity contribution in [1.29, 1.82) is 0 Å². The van der Waals surface area contributed by atoms with Gasteiger partial charge in [0.25, 0.3) is 0 Å². The van der Waals surface area contributed by atoms with Crippen LogP contribution in [0.4, 0.5) is 26.3 Å². The largest absolute Gasteiger partial charge is 0.491 e. The topological polar surface area (TPSA) is 106 Å². The zero-order chi connectivity index (χ0) is 34.5. The third-order valence-corrected chi connectivity index (χ3v) is 11.0. The Hall–Kier alpha value is -4.64. The Balaban J connectivity index is 1.00. The van der Waals surface area contributed by atoms with Crippen LogP contribution in [0.25, 0.3) is 10.2 Å². The quantitative estimate of drug-likeness (QED) is 0.0892. The average molecular weight is 712 g/mol. The number of esters is 1. The molecule has 5 aromatic rings. The van der Waals surface area contributed by atoms with Gasteiger partial charge in [0.05, 0.1) is 30.5 Å². The van der Waals surface area contributed by atoms with Crippen LogP contribution in [0.5, 0.6) is 5.75 Å². The van der Waals surface area contributed by atoms with Crippen molar-refractivity contribution in [3.63, 3.8) is 0 Å². The molecule has 2 aliphatic rings. The molecule has 258 valence electrons. The monoisotopic (exact) mass is 711 g/mol. The van der Waals surface area contributed by atoms with Gasteiger partial charge in [-0.25, -0.2) is 19.2 Å². The Kier molecular flexibility index (Phi) is 10.5. The molecule has 5 heterocycles. The van der Waals surface area contributed by atoms with Crippen molar-refractivity contribution >= 4 is 60.8 Å². The van der Waals surface area contributed by atoms with Gasteiger partial charge in [-0.3, -0.25) is 4.90 Å². The van der Waals surface area contributed by atoms with Crippen molar-refractivity contribution in [3.05, 3.63) is 75.5 Å². The first-order valence-electron chi connectivity index (χ1n) is 16.9. The van der Waals surface area contributed by atoms with Gasteiger partial charge >= 0.3 is 5.97 Å². The molecule has 3 aromatic heterocycles. The number of benzene rings is 2. The first-order valence-corrected chi connectivity index (χ1v) is 18.6. The van der Waals surface area contributed by atoms with Crippen molar-refractivity contribution in [2.45, 2.75) is 51.9 Å². The predicted molar refractivity (Wildman–Crippen MR) is 196 cm³/mol. The number of carbonyl (C=O) groups is 1. The third-order valence-electron chi connectivity index (χ3n) is 8.92. The standard InChI is InChI=1S/C37H38FN7O3S2/c1-24-26-12-9-21-45(34(26)43-42-33(24)41-36-39-28-13-4-5-14-30(28)49-36)37-40-32(35(46)47-2)31(50-37)15-10-22-48-29-17-16-25(23-27(29)38)11-8-20-44-18-6-3-7-19-44/h4-5,13-14,16-17,23H,3,6-7,9-10,12,15,18-22H2,1-2H3,(H,39,41,42). The fourth-order valence-corrected chi connectivity index (χ4v) is 8.26. The molecule has 0 radical (unpaired) electrons. The number of rotatable bonds is 10. The molecule has 0 unspecified atom stereocenters. The highest BCUT2D eigenvalue weighted by Crippen LogP contribution is 2.39. The number of nitrogens with zero attached hydrogens (tertiary/aromatic N) is 6. The number of ether oxygens (including phenoxy) is 2. The highest BCUT2D eigenvalue weighted by molar-refractivity contribution is 7.22. The Labute approximate surface area is 298 Å². The molecule has 0 amide bonds. The number of carbonyl (C=O) groups excluding carboxylic acids is 1. The molecule has 0 aliphatic carbocycles. The number of aryl methyl sites for hydroxylation is 1. The lowest BCUT2D eigenvalue weighted by molar-refractivity contribution is 0.0593. The molecule has 0 spiro atoms. The van der Waals surface area contributed by atoms with E-state index >= 15 is 0 Å². The van der Waals surface area contributed by atoms with Crippen LogP contribution in [0.1, 0.15) is 64.2 Å². The van der Waals surface area contributed by atoms with E-state index in [1.165, 1.54) is 43.8 Å². The van der Waals surface area contributed by atoms with E-state index in [2.05, 4.69) is 37.2 Å². The summed E-state index contributed by atoms with van der Waals surface area (Å²) in [5.74, 6) is 6.89. The molecule has 2 aromatic carbocycles. The highest BCUT2D eigenvalue weighted by atomic mass is 32.1. The summed E-state index contributed by atoms with van der Waals surface area (Å²) in [4.78, 5) is 27.3. The van der Waals surface area contributed by atoms with E-state index in [0.717, 1.165) is 63.1 Å². The number of likely N-dealkylation sites (tertiary alicyclic amines) is 1. The fourth-order valence-electron chi connectivity index (χ4n) is 6.27. The van der Waals surface area contributed by atoms with Gasteiger partial charge in [0.1, 0.15) is 0 Å². The number of nitrogens with one attached hydrogen (secondary N) is 1. The van der Waals surface area contributed by atoms with E-state index in [-0.39, 0.29) is 18.1 Å². The molecule has 7 rings (SSSR count). The van der Waals surface area contributed by atoms with E-state index in [1.807, 2.05) is 36.1 Å². The van der Waals surface area contributed by atoms with E-state index in [4.69, 9.17) is 14.5 Å². The second kappa shape index (κ2) is 15.5. The van der Waals surface area contributed by atoms with Crippen LogP contribution in [0.3, 0.4) is 0 Å². The Morgan fingerprint density at radius 3 is 2.72 bits per heavy atom. The van der Waals surface area contributed by atoms with Gasteiger partial charge in [0.15, 0.2) is 39.2 Å². The normalized spacial score (nSPS) is 14.6. The number of para-hydroxylation sites is 1. The van der Waals surface area contributed by atoms with Crippen LogP contribution in [0, 0.1) is 24.6 Å². The van der Waals surface area contributed by atoms with Gasteiger partial charge in [-0.15, -0.1) is 21.5 Å². The summed E-state index contributed by atoms with van der Waals surface area (Å²) < 4.78 is 26.8. The van der Waals surface area contributed by atoms with E-state index in [0.29, 0.717) is 42.4 Å². The van der Waals surface area contributed by atoms with E-state index in [1.54, 1.807) is 23.5 Å². The first-order chi connectivity index (χ1) is 24.5. The van der Waals surface area contributed by atoms with Crippen molar-refractivity contribution in [1.82, 2.24) is 25.1 Å². The van der Waals surface area contributed by atoms with Gasteiger partial charge in [-0.2, -0.15) is 0 Å². The zero-order valence-electron chi connectivity index (χ0n) is 28.1. The van der Waals surface area contributed by atoms with E-state index < -0.39 is 11.8 Å². The maximum atomic E-state index is 14.8. The lowest BCUT2D eigenvalue weighted by atomic mass is 10.0. The molecule has 2 aliphatic heterocycles. The minimum atomic E-state index is -0.499. The molecule has 10 nitrogen and oxygen atoms in total. The van der Waals surface area contributed by atoms with Crippen LogP contribution >= 0.6 is 22.7 Å². The number of methoxy groups -OCH3 is 1. The molecule has 13 heteroatoms. The average Bonchev–Trinajstić information content (AvgIpc) is 3.76. The van der Waals surface area contributed by atoms with Crippen molar-refractivity contribution in [3.8, 4) is 17.6 Å². The summed E-state index contributed by atoms with van der Waals surface area (Å²) in [6, 6.07) is 12.8. The molecular weight excluding hydrogens is 674 g/mol. The molecule has 0 atom stereocenters. The molecule has 1 fully saturated rings. The summed E-state index contributed by atoms with van der Waals surface area (Å²) >= 11 is 3.00. The lowest BCUT2D eigenvalue weighted by Gasteiger charge is -2.28. The van der Waals surface area contributed by atoms with Crippen molar-refractivity contribution in [2.75, 3.05) is 50.1 Å². The van der Waals surface area contributed by atoms with E-state index in [9.17, 15) is 9.18 Å². The maximum Gasteiger partial charge on any atom is 0.357 e. The smallest absolute Gasteiger partial charge is 0.357 e. The third kappa shape index (κ3) is 7.57. The number of anilines is 4. The highest BCUT2D eigenvalue weighted by Gasteiger charge is 2.29. The zero-order valence-corrected chi connectivity index (χ0v) is 29.8. The second-order valence-electron chi connectivity index (χ2n) is 12.3. The van der Waals surface area contributed by atoms with Gasteiger partial charge in [-0.1, -0.05) is 41.7 Å². The predicted octanol–water partition coefficient (Wildman–Crippen LogP) is 7.45. The number of fused-ring (bicyclic) bond motifs is 2. The van der Waals surface area contributed by atoms with Gasteiger partial charge in [0.2, 0.25) is 0 Å². The van der Waals surface area contributed by atoms with Crippen LogP contribution < -0.4 is 15.0 Å². The van der Waals surface area contributed by atoms with Gasteiger partial charge < -0.3 is 19.7 Å². The molecule has 50 heavy (non-hydrogen) atoms. The molecular formula is C37H38FN7O3S2. The Morgan fingerprint density at radius 1 is 1.04 bits per heavy atom. The minimum Gasteiger partial charge on any atom is -0.491 e. The summed E-state index contributed by atoms with van der Waals surface area (Å²) in [6.07, 6.45) is 6.52. The van der Waals surface area contributed by atoms with Crippen LogP contribution in [0.2, 0.25) is 0 Å². The number of hydrogen-bond donors (Lipinski definition) is 1.